The molecule has 1 saturated carbocycles. The highest BCUT2D eigenvalue weighted by Gasteiger charge is 2.49. The number of fused-ring (bicyclic) bond motifs is 1. The molecule has 1 N–H and O–H groups in total. The number of hydrogen-bond donors (Lipinski definition) is 1. The zero-order chi connectivity index (χ0) is 19.8. The van der Waals surface area contributed by atoms with Crippen molar-refractivity contribution in [3.05, 3.63) is 59.4 Å². The van der Waals surface area contributed by atoms with E-state index in [0.717, 1.165) is 25.6 Å². The summed E-state index contributed by atoms with van der Waals surface area (Å²) >= 11 is 0. The third-order valence-corrected chi connectivity index (χ3v) is 7.58. The van der Waals surface area contributed by atoms with Crippen molar-refractivity contribution >= 4 is 5.91 Å². The average Bonchev–Trinajstić information content (AvgIpc) is 3.45. The first-order valence-corrected chi connectivity index (χ1v) is 11.4. The summed E-state index contributed by atoms with van der Waals surface area (Å²) in [6.07, 6.45) is 8.91. The van der Waals surface area contributed by atoms with Gasteiger partial charge in [-0.05, 0) is 54.9 Å². The van der Waals surface area contributed by atoms with Gasteiger partial charge in [-0.2, -0.15) is 0 Å². The van der Waals surface area contributed by atoms with E-state index in [9.17, 15) is 4.79 Å². The van der Waals surface area contributed by atoms with Crippen LogP contribution in [0.25, 0.3) is 0 Å². The van der Waals surface area contributed by atoms with E-state index in [-0.39, 0.29) is 11.9 Å². The first-order valence-electron chi connectivity index (χ1n) is 11.4. The molecule has 0 bridgehead atoms. The van der Waals surface area contributed by atoms with Crippen molar-refractivity contribution in [1.82, 2.24) is 14.8 Å². The summed E-state index contributed by atoms with van der Waals surface area (Å²) in [5.41, 5.74) is 3.34. The fourth-order valence-electron chi connectivity index (χ4n) is 6.17. The molecule has 0 radical (unpaired) electrons. The Morgan fingerprint density at radius 1 is 1.03 bits per heavy atom. The van der Waals surface area contributed by atoms with E-state index in [2.05, 4.69) is 46.0 Å². The molecule has 3 aliphatic rings. The number of likely N-dealkylation sites (tertiary alicyclic amines) is 2. The number of nitrogens with one attached hydrogen (secondary N) is 1. The summed E-state index contributed by atoms with van der Waals surface area (Å²) in [6.45, 7) is 6.61. The molecule has 3 fully saturated rings. The molecular weight excluding hydrogens is 358 g/mol. The van der Waals surface area contributed by atoms with E-state index in [4.69, 9.17) is 0 Å². The molecule has 1 aromatic carbocycles. The van der Waals surface area contributed by atoms with Crippen molar-refractivity contribution in [2.45, 2.75) is 45.1 Å². The first-order chi connectivity index (χ1) is 14.2. The Balaban J connectivity index is 1.39. The van der Waals surface area contributed by atoms with Crippen molar-refractivity contribution in [1.29, 1.82) is 0 Å². The zero-order valence-electron chi connectivity index (χ0n) is 17.5. The Labute approximate surface area is 174 Å². The molecule has 4 heteroatoms. The maximum Gasteiger partial charge on any atom is 0.270 e. The third-order valence-electron chi connectivity index (χ3n) is 7.58. The summed E-state index contributed by atoms with van der Waals surface area (Å²) in [6, 6.07) is 12.7. The van der Waals surface area contributed by atoms with Crippen molar-refractivity contribution in [2.75, 3.05) is 26.2 Å². The minimum atomic E-state index is 0.150. The quantitative estimate of drug-likeness (QED) is 0.824. The number of benzene rings is 1. The van der Waals surface area contributed by atoms with E-state index < -0.39 is 0 Å². The number of carbonyl (C=O) groups is 1. The molecule has 0 unspecified atom stereocenters. The van der Waals surface area contributed by atoms with Crippen LogP contribution in [-0.4, -0.2) is 46.9 Å². The van der Waals surface area contributed by atoms with Gasteiger partial charge in [0.2, 0.25) is 0 Å². The van der Waals surface area contributed by atoms with Crippen LogP contribution in [0.2, 0.25) is 0 Å². The monoisotopic (exact) mass is 391 g/mol. The molecule has 2 aliphatic heterocycles. The van der Waals surface area contributed by atoms with Crippen molar-refractivity contribution in [2.24, 2.45) is 17.8 Å². The average molecular weight is 392 g/mol. The van der Waals surface area contributed by atoms with Crippen LogP contribution in [-0.2, 0) is 0 Å². The lowest BCUT2D eigenvalue weighted by molar-refractivity contribution is 0.0691. The van der Waals surface area contributed by atoms with Crippen LogP contribution in [0.5, 0.6) is 0 Å². The number of amides is 1. The minimum absolute atomic E-state index is 0.150. The lowest BCUT2D eigenvalue weighted by atomic mass is 9.87. The molecular formula is C25H33N3O. The molecule has 1 amide bonds. The fourth-order valence-corrected chi connectivity index (χ4v) is 6.17. The molecule has 154 valence electrons. The second kappa shape index (κ2) is 7.98. The largest absolute Gasteiger partial charge is 0.357 e. The Morgan fingerprint density at radius 3 is 2.62 bits per heavy atom. The second-order valence-electron chi connectivity index (χ2n) is 9.49. The predicted octanol–water partition coefficient (Wildman–Crippen LogP) is 4.65. The fraction of sp³-hybridized carbons (Fsp3) is 0.560. The van der Waals surface area contributed by atoms with Gasteiger partial charge in [0.15, 0.2) is 0 Å². The predicted molar refractivity (Wildman–Crippen MR) is 116 cm³/mol. The number of aromatic amines is 1. The summed E-state index contributed by atoms with van der Waals surface area (Å²) in [4.78, 5) is 21.3. The van der Waals surface area contributed by atoms with Gasteiger partial charge in [-0.25, -0.2) is 0 Å². The molecule has 0 spiro atoms. The van der Waals surface area contributed by atoms with Gasteiger partial charge < -0.3 is 14.8 Å². The molecule has 1 aromatic heterocycles. The van der Waals surface area contributed by atoms with Gasteiger partial charge in [-0.15, -0.1) is 0 Å². The summed E-state index contributed by atoms with van der Waals surface area (Å²) in [7, 11) is 0. The molecule has 1 aliphatic carbocycles. The molecule has 5 rings (SSSR count). The Hall–Kier alpha value is -2.07. The van der Waals surface area contributed by atoms with Crippen LogP contribution in [0.4, 0.5) is 0 Å². The van der Waals surface area contributed by atoms with E-state index >= 15 is 0 Å². The van der Waals surface area contributed by atoms with Gasteiger partial charge in [0.25, 0.3) is 5.91 Å². The van der Waals surface area contributed by atoms with Crippen LogP contribution >= 0.6 is 0 Å². The minimum Gasteiger partial charge on any atom is -0.357 e. The number of H-pyrrole nitrogens is 1. The maximum absolute atomic E-state index is 13.3. The van der Waals surface area contributed by atoms with Gasteiger partial charge >= 0.3 is 0 Å². The third kappa shape index (κ3) is 3.63. The molecule has 3 heterocycles. The number of nitrogens with zero attached hydrogens (tertiary/aromatic N) is 2. The number of rotatable bonds is 4. The topological polar surface area (TPSA) is 39.3 Å². The van der Waals surface area contributed by atoms with Crippen LogP contribution in [0, 0.1) is 24.7 Å². The molecule has 4 nitrogen and oxygen atoms in total. The van der Waals surface area contributed by atoms with Gasteiger partial charge in [0, 0.05) is 38.3 Å². The van der Waals surface area contributed by atoms with E-state index in [1.54, 1.807) is 0 Å². The standard InChI is InChI=1S/C25H33N3O/c1-18-8-5-6-11-21(18)24-22-17-27(14-19-9-3-2-4-10-19)15-20(22)16-28(24)25(29)23-12-7-13-26-23/h5-8,11-13,19-20,22,24,26H,2-4,9-10,14-17H2,1H3/t20-,22-,24+/m0/s1. The van der Waals surface area contributed by atoms with E-state index in [1.165, 1.54) is 49.8 Å². The van der Waals surface area contributed by atoms with E-state index in [1.807, 2.05) is 18.3 Å². The van der Waals surface area contributed by atoms with Gasteiger partial charge in [0.05, 0.1) is 6.04 Å². The second-order valence-corrected chi connectivity index (χ2v) is 9.49. The van der Waals surface area contributed by atoms with Crippen molar-refractivity contribution in [3.8, 4) is 0 Å². The SMILES string of the molecule is Cc1ccccc1[C@@H]1[C@H]2CN(CC3CCCCC3)C[C@H]2CN1C(=O)c1ccc[nH]1. The summed E-state index contributed by atoms with van der Waals surface area (Å²) in [5.74, 6) is 2.16. The smallest absolute Gasteiger partial charge is 0.270 e. The van der Waals surface area contributed by atoms with Crippen LogP contribution in [0.1, 0.15) is 59.8 Å². The highest BCUT2D eigenvalue weighted by atomic mass is 16.2. The molecule has 29 heavy (non-hydrogen) atoms. The van der Waals surface area contributed by atoms with Crippen molar-refractivity contribution < 1.29 is 4.79 Å². The number of aryl methyl sites for hydroxylation is 1. The van der Waals surface area contributed by atoms with Crippen LogP contribution in [0.15, 0.2) is 42.6 Å². The van der Waals surface area contributed by atoms with Gasteiger partial charge in [-0.1, -0.05) is 43.5 Å². The number of carbonyl (C=O) groups excluding carboxylic acids is 1. The normalized spacial score (nSPS) is 28.0. The highest BCUT2D eigenvalue weighted by molar-refractivity contribution is 5.93. The van der Waals surface area contributed by atoms with Crippen LogP contribution < -0.4 is 0 Å². The Bertz CT molecular complexity index is 840. The zero-order valence-corrected chi connectivity index (χ0v) is 17.5. The molecule has 2 saturated heterocycles. The van der Waals surface area contributed by atoms with Crippen molar-refractivity contribution in [3.63, 3.8) is 0 Å². The first kappa shape index (κ1) is 18.9. The van der Waals surface area contributed by atoms with Gasteiger partial charge in [-0.3, -0.25) is 4.79 Å². The number of aromatic nitrogens is 1. The van der Waals surface area contributed by atoms with Crippen LogP contribution in [0.3, 0.4) is 0 Å². The number of hydrogen-bond acceptors (Lipinski definition) is 2. The summed E-state index contributed by atoms with van der Waals surface area (Å²) < 4.78 is 0. The molecule has 3 atom stereocenters. The molecule has 2 aromatic rings. The highest BCUT2D eigenvalue weighted by Crippen LogP contribution is 2.46. The van der Waals surface area contributed by atoms with E-state index in [0.29, 0.717) is 17.5 Å². The maximum atomic E-state index is 13.3. The lowest BCUT2D eigenvalue weighted by Gasteiger charge is -2.32. The van der Waals surface area contributed by atoms with Gasteiger partial charge in [0.1, 0.15) is 5.69 Å². The summed E-state index contributed by atoms with van der Waals surface area (Å²) in [5, 5.41) is 0. The Kier molecular flexibility index (Phi) is 5.21. The Morgan fingerprint density at radius 2 is 1.86 bits per heavy atom. The lowest BCUT2D eigenvalue weighted by Crippen LogP contribution is -2.37.